The molecule has 1 fully saturated rings. The van der Waals surface area contributed by atoms with Gasteiger partial charge in [-0.3, -0.25) is 0 Å². The molecule has 0 radical (unpaired) electrons. The molecule has 132 valence electrons. The summed E-state index contributed by atoms with van der Waals surface area (Å²) in [4.78, 5) is 10.8. The zero-order valence-corrected chi connectivity index (χ0v) is 15.8. The van der Waals surface area contributed by atoms with E-state index in [1.807, 2.05) is 13.8 Å². The smallest absolute Gasteiger partial charge is 0.257 e. The second kappa shape index (κ2) is 10.2. The average molecular weight is 412 g/mol. The molecule has 7 nitrogen and oxygen atoms in total. The molecule has 0 saturated carbocycles. The van der Waals surface area contributed by atoms with Crippen LogP contribution in [0, 0.1) is 0 Å². The van der Waals surface area contributed by atoms with Crippen molar-refractivity contribution in [3.63, 3.8) is 0 Å². The van der Waals surface area contributed by atoms with Gasteiger partial charge in [0.25, 0.3) is 5.88 Å². The topological polar surface area (TPSA) is 79.7 Å². The number of aliphatic hydroxyl groups excluding tert-OH is 1. The Kier molecular flexibility index (Phi) is 9.08. The Balaban J connectivity index is 0.00000264. The van der Waals surface area contributed by atoms with Crippen LogP contribution in [0.2, 0.25) is 0 Å². The highest BCUT2D eigenvalue weighted by Crippen LogP contribution is 2.26. The molecule has 2 heterocycles. The number of morpholine rings is 1. The minimum Gasteiger partial charge on any atom is -0.472 e. The van der Waals surface area contributed by atoms with Crippen molar-refractivity contribution < 1.29 is 14.6 Å². The summed E-state index contributed by atoms with van der Waals surface area (Å²) in [6.45, 7) is 7.54. The Hall–Kier alpha value is -0.670. The molecule has 2 N–H and O–H groups in total. The first-order valence-electron chi connectivity index (χ1n) is 7.45. The summed E-state index contributed by atoms with van der Waals surface area (Å²) in [6, 6.07) is 0.325. The lowest BCUT2D eigenvalue weighted by Crippen LogP contribution is -2.38. The van der Waals surface area contributed by atoms with Crippen LogP contribution in [0.5, 0.6) is 5.88 Å². The first-order chi connectivity index (χ1) is 10.6. The average Bonchev–Trinajstić information content (AvgIpc) is 2.52. The Morgan fingerprint density at radius 2 is 2.13 bits per heavy atom. The van der Waals surface area contributed by atoms with Crippen molar-refractivity contribution in [1.82, 2.24) is 15.3 Å². The largest absolute Gasteiger partial charge is 0.472 e. The summed E-state index contributed by atoms with van der Waals surface area (Å²) in [7, 11) is 0. The minimum absolute atomic E-state index is 0. The van der Waals surface area contributed by atoms with Gasteiger partial charge in [0.1, 0.15) is 17.3 Å². The number of nitrogens with one attached hydrogen (secondary N) is 1. The van der Waals surface area contributed by atoms with Gasteiger partial charge in [0.2, 0.25) is 0 Å². The molecule has 1 aliphatic heterocycles. The van der Waals surface area contributed by atoms with Crippen molar-refractivity contribution in [2.24, 2.45) is 0 Å². The number of anilines is 1. The SMILES string of the molecule is CC(C)NCC(O)COc1ncc(Br)nc1N1CCOCC1.Cl. The van der Waals surface area contributed by atoms with Gasteiger partial charge in [-0.15, -0.1) is 12.4 Å². The molecule has 1 aromatic rings. The predicted molar refractivity (Wildman–Crippen MR) is 94.7 cm³/mol. The highest BCUT2D eigenvalue weighted by Gasteiger charge is 2.19. The monoisotopic (exact) mass is 410 g/mol. The molecule has 1 aromatic heterocycles. The van der Waals surface area contributed by atoms with E-state index in [1.54, 1.807) is 6.20 Å². The molecule has 1 unspecified atom stereocenters. The Bertz CT molecular complexity index is 475. The van der Waals surface area contributed by atoms with Crippen LogP contribution >= 0.6 is 28.3 Å². The van der Waals surface area contributed by atoms with E-state index in [4.69, 9.17) is 9.47 Å². The van der Waals surface area contributed by atoms with Crippen LogP contribution in [0.25, 0.3) is 0 Å². The molecule has 0 aliphatic carbocycles. The number of nitrogens with zero attached hydrogens (tertiary/aromatic N) is 3. The summed E-state index contributed by atoms with van der Waals surface area (Å²) in [5.41, 5.74) is 0. The van der Waals surface area contributed by atoms with E-state index >= 15 is 0 Å². The van der Waals surface area contributed by atoms with Crippen molar-refractivity contribution in [2.75, 3.05) is 44.4 Å². The minimum atomic E-state index is -0.592. The number of aliphatic hydroxyl groups is 1. The maximum atomic E-state index is 9.94. The third-order valence-electron chi connectivity index (χ3n) is 3.18. The van der Waals surface area contributed by atoms with E-state index in [0.717, 1.165) is 13.1 Å². The molecule has 1 atom stereocenters. The lowest BCUT2D eigenvalue weighted by molar-refractivity contribution is 0.101. The molecule has 23 heavy (non-hydrogen) atoms. The van der Waals surface area contributed by atoms with Gasteiger partial charge in [-0.25, -0.2) is 9.97 Å². The number of hydrogen-bond donors (Lipinski definition) is 2. The van der Waals surface area contributed by atoms with Gasteiger partial charge in [0.05, 0.1) is 19.4 Å². The molecular weight excluding hydrogens is 388 g/mol. The second-order valence-corrected chi connectivity index (χ2v) is 6.26. The second-order valence-electron chi connectivity index (χ2n) is 5.45. The number of hydrogen-bond acceptors (Lipinski definition) is 7. The normalized spacial score (nSPS) is 16.1. The molecule has 9 heteroatoms. The van der Waals surface area contributed by atoms with Gasteiger partial charge in [-0.2, -0.15) is 0 Å². The van der Waals surface area contributed by atoms with E-state index in [0.29, 0.717) is 42.1 Å². The molecule has 0 bridgehead atoms. The van der Waals surface area contributed by atoms with Gasteiger partial charge in [-0.1, -0.05) is 13.8 Å². The van der Waals surface area contributed by atoms with Crippen LogP contribution in [0.4, 0.5) is 5.82 Å². The maximum absolute atomic E-state index is 9.94. The highest BCUT2D eigenvalue weighted by atomic mass is 79.9. The maximum Gasteiger partial charge on any atom is 0.257 e. The van der Waals surface area contributed by atoms with Gasteiger partial charge < -0.3 is 24.8 Å². The van der Waals surface area contributed by atoms with Crippen molar-refractivity contribution >= 4 is 34.2 Å². The summed E-state index contributed by atoms with van der Waals surface area (Å²) >= 11 is 3.34. The Morgan fingerprint density at radius 1 is 1.43 bits per heavy atom. The Morgan fingerprint density at radius 3 is 2.78 bits per heavy atom. The molecule has 0 amide bonds. The van der Waals surface area contributed by atoms with E-state index in [9.17, 15) is 5.11 Å². The third kappa shape index (κ3) is 6.76. The van der Waals surface area contributed by atoms with Crippen LogP contribution in [-0.2, 0) is 4.74 Å². The summed E-state index contributed by atoms with van der Waals surface area (Å²) in [5.74, 6) is 1.12. The van der Waals surface area contributed by atoms with E-state index < -0.39 is 6.10 Å². The first kappa shape index (κ1) is 20.4. The van der Waals surface area contributed by atoms with E-state index in [-0.39, 0.29) is 19.0 Å². The molecule has 1 aliphatic rings. The lowest BCUT2D eigenvalue weighted by Gasteiger charge is -2.28. The fourth-order valence-electron chi connectivity index (χ4n) is 2.04. The van der Waals surface area contributed by atoms with Gasteiger partial charge in [0, 0.05) is 25.7 Å². The summed E-state index contributed by atoms with van der Waals surface area (Å²) in [6.07, 6.45) is 1.00. The molecule has 0 spiro atoms. The van der Waals surface area contributed by atoms with Crippen LogP contribution < -0.4 is 15.0 Å². The first-order valence-corrected chi connectivity index (χ1v) is 8.25. The van der Waals surface area contributed by atoms with Crippen LogP contribution in [0.3, 0.4) is 0 Å². The zero-order valence-electron chi connectivity index (χ0n) is 13.4. The lowest BCUT2D eigenvalue weighted by atomic mass is 10.3. The number of aromatic nitrogens is 2. The fourth-order valence-corrected chi connectivity index (χ4v) is 2.31. The molecule has 2 rings (SSSR count). The van der Waals surface area contributed by atoms with Gasteiger partial charge in [0.15, 0.2) is 5.82 Å². The zero-order chi connectivity index (χ0) is 15.9. The Labute approximate surface area is 151 Å². The number of halogens is 2. The number of ether oxygens (including phenoxy) is 2. The highest BCUT2D eigenvalue weighted by molar-refractivity contribution is 9.10. The van der Waals surface area contributed by atoms with Crippen LogP contribution in [0.15, 0.2) is 10.8 Å². The fraction of sp³-hybridized carbons (Fsp3) is 0.714. The van der Waals surface area contributed by atoms with Crippen LogP contribution in [-0.4, -0.2) is 66.7 Å². The summed E-state index contributed by atoms with van der Waals surface area (Å²) in [5, 5.41) is 13.1. The van der Waals surface area contributed by atoms with Crippen molar-refractivity contribution in [3.05, 3.63) is 10.8 Å². The molecular formula is C14H24BrClN4O3. The predicted octanol–water partition coefficient (Wildman–Crippen LogP) is 1.24. The quantitative estimate of drug-likeness (QED) is 0.698. The van der Waals surface area contributed by atoms with E-state index in [2.05, 4.69) is 36.1 Å². The summed E-state index contributed by atoms with van der Waals surface area (Å²) < 4.78 is 11.7. The van der Waals surface area contributed by atoms with Crippen LogP contribution in [0.1, 0.15) is 13.8 Å². The van der Waals surface area contributed by atoms with Gasteiger partial charge >= 0.3 is 0 Å². The van der Waals surface area contributed by atoms with Crippen molar-refractivity contribution in [3.8, 4) is 5.88 Å². The van der Waals surface area contributed by atoms with Crippen molar-refractivity contribution in [2.45, 2.75) is 26.0 Å². The molecule has 0 aromatic carbocycles. The van der Waals surface area contributed by atoms with Gasteiger partial charge in [-0.05, 0) is 15.9 Å². The third-order valence-corrected chi connectivity index (χ3v) is 3.56. The van der Waals surface area contributed by atoms with Crippen molar-refractivity contribution in [1.29, 1.82) is 0 Å². The standard InChI is InChI=1S/C14H23BrN4O3.ClH/c1-10(2)16-7-11(20)9-22-14-13(18-12(15)8-17-14)19-3-5-21-6-4-19;/h8,10-11,16,20H,3-7,9H2,1-2H3;1H. The van der Waals surface area contributed by atoms with E-state index in [1.165, 1.54) is 0 Å². The molecule has 1 saturated heterocycles. The number of rotatable bonds is 7.